The van der Waals surface area contributed by atoms with Crippen LogP contribution in [-0.4, -0.2) is 35.9 Å². The van der Waals surface area contributed by atoms with Crippen LogP contribution in [0.1, 0.15) is 72.5 Å². The number of fused-ring (bicyclic) bond motifs is 1. The topological polar surface area (TPSA) is 85.5 Å². The number of carbonyl (C=O) groups excluding carboxylic acids is 3. The van der Waals surface area contributed by atoms with Crippen molar-refractivity contribution < 1.29 is 23.9 Å². The van der Waals surface area contributed by atoms with Crippen LogP contribution in [0.3, 0.4) is 0 Å². The van der Waals surface area contributed by atoms with Gasteiger partial charge in [0.25, 0.3) is 0 Å². The van der Waals surface area contributed by atoms with E-state index in [4.69, 9.17) is 9.47 Å². The maximum absolute atomic E-state index is 12.7. The van der Waals surface area contributed by atoms with Crippen LogP contribution < -0.4 is 0 Å². The van der Waals surface area contributed by atoms with Gasteiger partial charge in [0.1, 0.15) is 4.88 Å². The molecule has 1 aliphatic carbocycles. The number of carbonyl (C=O) groups is 3. The summed E-state index contributed by atoms with van der Waals surface area (Å²) in [5.41, 5.74) is 2.76. The van der Waals surface area contributed by atoms with Crippen molar-refractivity contribution in [3.05, 3.63) is 43.9 Å². The second kappa shape index (κ2) is 8.31. The molecule has 0 spiro atoms. The molecule has 7 heteroatoms. The number of aromatic amines is 1. The van der Waals surface area contributed by atoms with Crippen LogP contribution in [0.4, 0.5) is 0 Å². The zero-order chi connectivity index (χ0) is 20.4. The Bertz CT molecular complexity index is 924. The van der Waals surface area contributed by atoms with Crippen molar-refractivity contribution in [3.63, 3.8) is 0 Å². The van der Waals surface area contributed by atoms with E-state index in [0.29, 0.717) is 22.2 Å². The Morgan fingerprint density at radius 3 is 2.57 bits per heavy atom. The molecule has 0 aliphatic heterocycles. The first-order chi connectivity index (χ1) is 13.3. The number of ether oxygens (including phenoxy) is 2. The molecule has 1 atom stereocenters. The van der Waals surface area contributed by atoms with Crippen LogP contribution in [0.25, 0.3) is 0 Å². The Balaban J connectivity index is 1.71. The molecule has 2 aromatic rings. The Kier molecular flexibility index (Phi) is 6.03. The number of hydrogen-bond donors (Lipinski definition) is 1. The lowest BCUT2D eigenvalue weighted by molar-refractivity contribution is 0.0476. The minimum atomic E-state index is -0.556. The van der Waals surface area contributed by atoms with Crippen LogP contribution in [0.5, 0.6) is 0 Å². The highest BCUT2D eigenvalue weighted by atomic mass is 32.1. The normalized spacial score (nSPS) is 15.8. The Morgan fingerprint density at radius 1 is 1.14 bits per heavy atom. The van der Waals surface area contributed by atoms with E-state index in [1.807, 2.05) is 6.07 Å². The molecule has 0 fully saturated rings. The third-order valence-electron chi connectivity index (χ3n) is 5.00. The number of hydrogen-bond acceptors (Lipinski definition) is 6. The third-order valence-corrected chi connectivity index (χ3v) is 6.22. The van der Waals surface area contributed by atoms with Crippen molar-refractivity contribution in [1.29, 1.82) is 0 Å². The van der Waals surface area contributed by atoms with E-state index in [2.05, 4.69) is 11.9 Å². The van der Waals surface area contributed by atoms with Gasteiger partial charge in [-0.1, -0.05) is 6.92 Å². The summed E-state index contributed by atoms with van der Waals surface area (Å²) in [7, 11) is 0. The third kappa shape index (κ3) is 4.04. The first-order valence-electron chi connectivity index (χ1n) is 9.50. The maximum Gasteiger partial charge on any atom is 0.348 e. The lowest BCUT2D eigenvalue weighted by atomic mass is 9.90. The van der Waals surface area contributed by atoms with Crippen molar-refractivity contribution in [3.8, 4) is 0 Å². The van der Waals surface area contributed by atoms with E-state index in [0.717, 1.165) is 19.3 Å². The molecule has 28 heavy (non-hydrogen) atoms. The fourth-order valence-electron chi connectivity index (χ4n) is 3.67. The van der Waals surface area contributed by atoms with E-state index >= 15 is 0 Å². The molecule has 0 amide bonds. The highest BCUT2D eigenvalue weighted by Crippen LogP contribution is 2.32. The minimum absolute atomic E-state index is 0.209. The lowest BCUT2D eigenvalue weighted by Gasteiger charge is -2.16. The predicted molar refractivity (Wildman–Crippen MR) is 106 cm³/mol. The maximum atomic E-state index is 12.7. The quantitative estimate of drug-likeness (QED) is 0.581. The monoisotopic (exact) mass is 403 g/mol. The van der Waals surface area contributed by atoms with Gasteiger partial charge in [-0.3, -0.25) is 4.79 Å². The summed E-state index contributed by atoms with van der Waals surface area (Å²) < 4.78 is 10.3. The van der Waals surface area contributed by atoms with Gasteiger partial charge in [0.15, 0.2) is 6.61 Å². The Morgan fingerprint density at radius 2 is 1.86 bits per heavy atom. The molecule has 3 rings (SSSR count). The van der Waals surface area contributed by atoms with Gasteiger partial charge in [0.05, 0.1) is 17.7 Å². The number of thiophene rings is 1. The zero-order valence-electron chi connectivity index (χ0n) is 16.6. The molecule has 0 saturated carbocycles. The van der Waals surface area contributed by atoms with Crippen LogP contribution in [0.2, 0.25) is 0 Å². The molecule has 0 unspecified atom stereocenters. The largest absolute Gasteiger partial charge is 0.462 e. The average Bonchev–Trinajstić information content (AvgIpc) is 3.19. The molecule has 150 valence electrons. The molecule has 2 aromatic heterocycles. The van der Waals surface area contributed by atoms with Gasteiger partial charge in [0, 0.05) is 16.3 Å². The average molecular weight is 404 g/mol. The number of rotatable bonds is 6. The molecular formula is C21H25NO5S. The van der Waals surface area contributed by atoms with Gasteiger partial charge in [-0.25, -0.2) is 9.59 Å². The van der Waals surface area contributed by atoms with E-state index < -0.39 is 24.3 Å². The number of Topliss-reactive ketones (excluding diaryl/α,β-unsaturated/α-hetero) is 1. The molecule has 0 saturated heterocycles. The molecule has 1 aliphatic rings. The fraction of sp³-hybridized carbons (Fsp3) is 0.476. The standard InChI is InChI=1S/C21H25NO5S/c1-5-26-21(25)19-13(4)22-12(3)18(19)15(23)10-27-20(24)17-9-14-8-11(2)6-7-16(14)28-17/h9,11,22H,5-8,10H2,1-4H3/t11-/m1/s1. The first-order valence-corrected chi connectivity index (χ1v) is 10.3. The minimum Gasteiger partial charge on any atom is -0.462 e. The van der Waals surface area contributed by atoms with E-state index in [-0.39, 0.29) is 17.7 Å². The van der Waals surface area contributed by atoms with Crippen LogP contribution in [0.15, 0.2) is 6.07 Å². The van der Waals surface area contributed by atoms with Gasteiger partial charge in [-0.2, -0.15) is 0 Å². The highest BCUT2D eigenvalue weighted by Gasteiger charge is 2.27. The highest BCUT2D eigenvalue weighted by molar-refractivity contribution is 7.14. The first kappa shape index (κ1) is 20.3. The second-order valence-electron chi connectivity index (χ2n) is 7.25. The van der Waals surface area contributed by atoms with Crippen molar-refractivity contribution in [2.75, 3.05) is 13.2 Å². The van der Waals surface area contributed by atoms with Gasteiger partial charge >= 0.3 is 11.9 Å². The van der Waals surface area contributed by atoms with Crippen molar-refractivity contribution >= 4 is 29.1 Å². The Labute approximate surface area is 168 Å². The van der Waals surface area contributed by atoms with Crippen molar-refractivity contribution in [1.82, 2.24) is 4.98 Å². The van der Waals surface area contributed by atoms with Gasteiger partial charge in [0.2, 0.25) is 5.78 Å². The molecule has 1 N–H and O–H groups in total. The van der Waals surface area contributed by atoms with Crippen LogP contribution in [0, 0.1) is 19.8 Å². The van der Waals surface area contributed by atoms with E-state index in [1.165, 1.54) is 21.8 Å². The lowest BCUT2D eigenvalue weighted by Crippen LogP contribution is -2.17. The summed E-state index contributed by atoms with van der Waals surface area (Å²) in [6, 6.07) is 1.89. The zero-order valence-corrected chi connectivity index (χ0v) is 17.5. The second-order valence-corrected chi connectivity index (χ2v) is 8.39. The number of ketones is 1. The Hall–Kier alpha value is -2.41. The van der Waals surface area contributed by atoms with Crippen LogP contribution >= 0.6 is 11.3 Å². The van der Waals surface area contributed by atoms with E-state index in [9.17, 15) is 14.4 Å². The number of esters is 2. The van der Waals surface area contributed by atoms with Gasteiger partial charge in [-0.05, 0) is 57.6 Å². The van der Waals surface area contributed by atoms with Crippen LogP contribution in [-0.2, 0) is 22.3 Å². The number of aryl methyl sites for hydroxylation is 3. The SMILES string of the molecule is CCOC(=O)c1c(C)[nH]c(C)c1C(=O)COC(=O)c1cc2c(s1)CC[C@@H](C)C2. The fourth-order valence-corrected chi connectivity index (χ4v) is 4.77. The summed E-state index contributed by atoms with van der Waals surface area (Å²) in [4.78, 5) is 42.1. The summed E-state index contributed by atoms with van der Waals surface area (Å²) in [6.07, 6.45) is 3.09. The summed E-state index contributed by atoms with van der Waals surface area (Å²) >= 11 is 1.45. The number of aromatic nitrogens is 1. The molecule has 0 aromatic carbocycles. The van der Waals surface area contributed by atoms with Gasteiger partial charge < -0.3 is 14.5 Å². The molecule has 0 bridgehead atoms. The van der Waals surface area contributed by atoms with Gasteiger partial charge in [-0.15, -0.1) is 11.3 Å². The molecular weight excluding hydrogens is 378 g/mol. The molecule has 6 nitrogen and oxygen atoms in total. The number of H-pyrrole nitrogens is 1. The summed E-state index contributed by atoms with van der Waals surface area (Å²) in [5, 5.41) is 0. The van der Waals surface area contributed by atoms with Crippen molar-refractivity contribution in [2.45, 2.75) is 47.0 Å². The van der Waals surface area contributed by atoms with E-state index in [1.54, 1.807) is 20.8 Å². The number of nitrogens with one attached hydrogen (secondary N) is 1. The molecule has 0 radical (unpaired) electrons. The smallest absolute Gasteiger partial charge is 0.348 e. The summed E-state index contributed by atoms with van der Waals surface area (Å²) in [5.74, 6) is -0.857. The molecule has 2 heterocycles. The predicted octanol–water partition coefficient (Wildman–Crippen LogP) is 4.03. The summed E-state index contributed by atoms with van der Waals surface area (Å²) in [6.45, 7) is 7.13. The van der Waals surface area contributed by atoms with Crippen molar-refractivity contribution in [2.24, 2.45) is 5.92 Å².